The Morgan fingerprint density at radius 1 is 1.00 bits per heavy atom. The highest BCUT2D eigenvalue weighted by Crippen LogP contribution is 2.09. The largest absolute Gasteiger partial charge is 0.338 e. The molecular formula is C16H20N6O. The topological polar surface area (TPSA) is 74.2 Å². The smallest absolute Gasteiger partial charge is 0.236 e. The lowest BCUT2D eigenvalue weighted by Crippen LogP contribution is -2.51. The van der Waals surface area contributed by atoms with Crippen LogP contribution in [0.1, 0.15) is 5.69 Å². The molecule has 2 aromatic heterocycles. The lowest BCUT2D eigenvalue weighted by Gasteiger charge is -2.34. The SMILES string of the molecule is O=C(CNCc1ccccn1)N1CCN(c2ncccn2)CC1. The summed E-state index contributed by atoms with van der Waals surface area (Å²) in [5.74, 6) is 0.849. The van der Waals surface area contributed by atoms with E-state index in [1.165, 1.54) is 0 Å². The molecule has 0 aliphatic carbocycles. The third-order valence-corrected chi connectivity index (χ3v) is 3.78. The van der Waals surface area contributed by atoms with Crippen molar-refractivity contribution >= 4 is 11.9 Å². The molecule has 0 radical (unpaired) electrons. The number of carbonyl (C=O) groups excluding carboxylic acids is 1. The number of nitrogens with one attached hydrogen (secondary N) is 1. The molecule has 1 N–H and O–H groups in total. The van der Waals surface area contributed by atoms with E-state index < -0.39 is 0 Å². The second-order valence-corrected chi connectivity index (χ2v) is 5.34. The van der Waals surface area contributed by atoms with E-state index >= 15 is 0 Å². The van der Waals surface area contributed by atoms with Crippen LogP contribution >= 0.6 is 0 Å². The second-order valence-electron chi connectivity index (χ2n) is 5.34. The Labute approximate surface area is 135 Å². The van der Waals surface area contributed by atoms with Gasteiger partial charge in [-0.2, -0.15) is 0 Å². The number of anilines is 1. The van der Waals surface area contributed by atoms with Gasteiger partial charge in [-0.3, -0.25) is 9.78 Å². The van der Waals surface area contributed by atoms with Crippen molar-refractivity contribution < 1.29 is 4.79 Å². The molecule has 7 heteroatoms. The summed E-state index contributed by atoms with van der Waals surface area (Å²) < 4.78 is 0. The van der Waals surface area contributed by atoms with Crippen LogP contribution in [0, 0.1) is 0 Å². The highest BCUT2D eigenvalue weighted by atomic mass is 16.2. The molecule has 0 aromatic carbocycles. The first-order chi connectivity index (χ1) is 11.3. The standard InChI is InChI=1S/C16H20N6O/c23-15(13-17-12-14-4-1-2-5-18-14)21-8-10-22(11-9-21)16-19-6-3-7-20-16/h1-7,17H,8-13H2. The summed E-state index contributed by atoms with van der Waals surface area (Å²) in [6, 6.07) is 7.56. The molecule has 1 fully saturated rings. The number of rotatable bonds is 5. The molecular weight excluding hydrogens is 292 g/mol. The second kappa shape index (κ2) is 7.64. The molecule has 1 amide bonds. The van der Waals surface area contributed by atoms with Gasteiger partial charge in [0.2, 0.25) is 11.9 Å². The van der Waals surface area contributed by atoms with E-state index in [9.17, 15) is 4.79 Å². The van der Waals surface area contributed by atoms with Gasteiger partial charge in [0, 0.05) is 51.3 Å². The zero-order valence-corrected chi connectivity index (χ0v) is 12.9. The van der Waals surface area contributed by atoms with Gasteiger partial charge >= 0.3 is 0 Å². The molecule has 0 bridgehead atoms. The maximum absolute atomic E-state index is 12.2. The molecule has 1 saturated heterocycles. The zero-order chi connectivity index (χ0) is 15.9. The number of hydrogen-bond acceptors (Lipinski definition) is 6. The monoisotopic (exact) mass is 312 g/mol. The van der Waals surface area contributed by atoms with E-state index in [0.717, 1.165) is 24.7 Å². The van der Waals surface area contributed by atoms with Gasteiger partial charge in [0.1, 0.15) is 0 Å². The zero-order valence-electron chi connectivity index (χ0n) is 12.9. The van der Waals surface area contributed by atoms with Crippen molar-refractivity contribution in [1.82, 2.24) is 25.2 Å². The molecule has 0 spiro atoms. The fourth-order valence-electron chi connectivity index (χ4n) is 2.52. The Balaban J connectivity index is 1.41. The van der Waals surface area contributed by atoms with Gasteiger partial charge < -0.3 is 15.1 Å². The molecule has 1 aliphatic heterocycles. The molecule has 0 saturated carbocycles. The molecule has 0 atom stereocenters. The minimum Gasteiger partial charge on any atom is -0.338 e. The van der Waals surface area contributed by atoms with Crippen molar-refractivity contribution in [2.75, 3.05) is 37.6 Å². The Morgan fingerprint density at radius 3 is 2.43 bits per heavy atom. The van der Waals surface area contributed by atoms with Crippen LogP contribution < -0.4 is 10.2 Å². The average molecular weight is 312 g/mol. The number of aromatic nitrogens is 3. The third-order valence-electron chi connectivity index (χ3n) is 3.78. The van der Waals surface area contributed by atoms with Crippen LogP contribution in [0.25, 0.3) is 0 Å². The molecule has 23 heavy (non-hydrogen) atoms. The van der Waals surface area contributed by atoms with Gasteiger partial charge in [0.15, 0.2) is 0 Å². The summed E-state index contributed by atoms with van der Waals surface area (Å²) in [7, 11) is 0. The summed E-state index contributed by atoms with van der Waals surface area (Å²) in [5.41, 5.74) is 0.936. The van der Waals surface area contributed by atoms with Crippen molar-refractivity contribution in [2.45, 2.75) is 6.54 Å². The van der Waals surface area contributed by atoms with Gasteiger partial charge in [-0.05, 0) is 18.2 Å². The van der Waals surface area contributed by atoms with Crippen molar-refractivity contribution in [2.24, 2.45) is 0 Å². The molecule has 3 heterocycles. The van der Waals surface area contributed by atoms with Gasteiger partial charge in [-0.15, -0.1) is 0 Å². The first-order valence-corrected chi connectivity index (χ1v) is 7.73. The van der Waals surface area contributed by atoms with Crippen LogP contribution in [-0.4, -0.2) is 58.5 Å². The van der Waals surface area contributed by atoms with Crippen molar-refractivity contribution in [3.8, 4) is 0 Å². The van der Waals surface area contributed by atoms with Crippen LogP contribution in [0.3, 0.4) is 0 Å². The Kier molecular flexibility index (Phi) is 5.10. The summed E-state index contributed by atoms with van der Waals surface area (Å²) in [4.78, 5) is 28.9. The van der Waals surface area contributed by atoms with E-state index in [1.54, 1.807) is 24.7 Å². The van der Waals surface area contributed by atoms with E-state index in [0.29, 0.717) is 26.2 Å². The number of pyridine rings is 1. The quantitative estimate of drug-likeness (QED) is 0.856. The average Bonchev–Trinajstić information content (AvgIpc) is 2.63. The Morgan fingerprint density at radius 2 is 1.74 bits per heavy atom. The summed E-state index contributed by atoms with van der Waals surface area (Å²) in [5, 5.41) is 3.15. The fraction of sp³-hybridized carbons (Fsp3) is 0.375. The van der Waals surface area contributed by atoms with Crippen molar-refractivity contribution in [3.05, 3.63) is 48.5 Å². The summed E-state index contributed by atoms with van der Waals surface area (Å²) in [6.45, 7) is 3.85. The minimum atomic E-state index is 0.120. The maximum Gasteiger partial charge on any atom is 0.236 e. The molecule has 2 aromatic rings. The molecule has 1 aliphatic rings. The summed E-state index contributed by atoms with van der Waals surface area (Å²) >= 11 is 0. The third kappa shape index (κ3) is 4.23. The number of hydrogen-bond donors (Lipinski definition) is 1. The highest BCUT2D eigenvalue weighted by Gasteiger charge is 2.21. The van der Waals surface area contributed by atoms with Gasteiger partial charge in [0.05, 0.1) is 12.2 Å². The number of carbonyl (C=O) groups is 1. The van der Waals surface area contributed by atoms with Crippen LogP contribution in [0.5, 0.6) is 0 Å². The predicted molar refractivity (Wildman–Crippen MR) is 86.8 cm³/mol. The summed E-state index contributed by atoms with van der Waals surface area (Å²) in [6.07, 6.45) is 5.23. The van der Waals surface area contributed by atoms with Crippen molar-refractivity contribution in [1.29, 1.82) is 0 Å². The Bertz CT molecular complexity index is 613. The first-order valence-electron chi connectivity index (χ1n) is 7.73. The molecule has 7 nitrogen and oxygen atoms in total. The number of nitrogens with zero attached hydrogens (tertiary/aromatic N) is 5. The number of amides is 1. The fourth-order valence-corrected chi connectivity index (χ4v) is 2.52. The molecule has 3 rings (SSSR count). The lowest BCUT2D eigenvalue weighted by atomic mass is 10.3. The van der Waals surface area contributed by atoms with Crippen LogP contribution in [0.2, 0.25) is 0 Å². The normalized spacial score (nSPS) is 14.8. The van der Waals surface area contributed by atoms with E-state index in [4.69, 9.17) is 0 Å². The molecule has 0 unspecified atom stereocenters. The van der Waals surface area contributed by atoms with Gasteiger partial charge in [-0.25, -0.2) is 9.97 Å². The highest BCUT2D eigenvalue weighted by molar-refractivity contribution is 5.78. The maximum atomic E-state index is 12.2. The Hall–Kier alpha value is -2.54. The van der Waals surface area contributed by atoms with E-state index in [2.05, 4.69) is 25.2 Å². The molecule has 120 valence electrons. The van der Waals surface area contributed by atoms with Crippen LogP contribution in [0.4, 0.5) is 5.95 Å². The van der Waals surface area contributed by atoms with Crippen LogP contribution in [0.15, 0.2) is 42.9 Å². The predicted octanol–water partition coefficient (Wildman–Crippen LogP) is 0.310. The van der Waals surface area contributed by atoms with Gasteiger partial charge in [-0.1, -0.05) is 6.07 Å². The lowest BCUT2D eigenvalue weighted by molar-refractivity contribution is -0.130. The number of piperazine rings is 1. The first kappa shape index (κ1) is 15.4. The van der Waals surface area contributed by atoms with E-state index in [-0.39, 0.29) is 5.91 Å². The van der Waals surface area contributed by atoms with E-state index in [1.807, 2.05) is 23.1 Å². The minimum absolute atomic E-state index is 0.120. The van der Waals surface area contributed by atoms with Crippen molar-refractivity contribution in [3.63, 3.8) is 0 Å². The van der Waals surface area contributed by atoms with Crippen LogP contribution in [-0.2, 0) is 11.3 Å². The van der Waals surface area contributed by atoms with Gasteiger partial charge in [0.25, 0.3) is 0 Å².